The molecule has 0 radical (unpaired) electrons. The number of nitrogens with two attached hydrogens (primary N) is 1. The fourth-order valence-corrected chi connectivity index (χ4v) is 3.25. The largest absolute Gasteiger partial charge is 0.341 e. The average Bonchev–Trinajstić information content (AvgIpc) is 2.81. The highest BCUT2D eigenvalue weighted by molar-refractivity contribution is 5.79. The van der Waals surface area contributed by atoms with Crippen LogP contribution < -0.4 is 5.73 Å². The van der Waals surface area contributed by atoms with E-state index in [1.807, 2.05) is 11.9 Å². The molecular formula is C16H22N2O. The van der Waals surface area contributed by atoms with Gasteiger partial charge < -0.3 is 10.6 Å². The average molecular weight is 258 g/mol. The van der Waals surface area contributed by atoms with Gasteiger partial charge in [-0.05, 0) is 48.8 Å². The monoisotopic (exact) mass is 258 g/mol. The molecule has 0 bridgehead atoms. The predicted molar refractivity (Wildman–Crippen MR) is 75.6 cm³/mol. The second-order valence-electron chi connectivity index (χ2n) is 6.08. The topological polar surface area (TPSA) is 46.3 Å². The summed E-state index contributed by atoms with van der Waals surface area (Å²) in [4.78, 5) is 14.0. The van der Waals surface area contributed by atoms with Crippen LogP contribution in [-0.4, -0.2) is 23.9 Å². The van der Waals surface area contributed by atoms with Crippen molar-refractivity contribution in [1.82, 2.24) is 4.90 Å². The van der Waals surface area contributed by atoms with Crippen LogP contribution in [0.25, 0.3) is 0 Å². The Balaban J connectivity index is 1.63. The Morgan fingerprint density at radius 3 is 2.79 bits per heavy atom. The van der Waals surface area contributed by atoms with Crippen LogP contribution in [0.3, 0.4) is 0 Å². The molecule has 0 unspecified atom stereocenters. The zero-order valence-electron chi connectivity index (χ0n) is 11.6. The molecule has 0 aromatic heterocycles. The lowest BCUT2D eigenvalue weighted by Gasteiger charge is -2.34. The predicted octanol–water partition coefficient (Wildman–Crippen LogP) is 1.87. The van der Waals surface area contributed by atoms with E-state index in [9.17, 15) is 4.79 Å². The maximum absolute atomic E-state index is 12.2. The van der Waals surface area contributed by atoms with Crippen molar-refractivity contribution in [3.63, 3.8) is 0 Å². The lowest BCUT2D eigenvalue weighted by atomic mass is 9.80. The van der Waals surface area contributed by atoms with Crippen LogP contribution in [0.1, 0.15) is 36.0 Å². The summed E-state index contributed by atoms with van der Waals surface area (Å²) in [5, 5.41) is 0. The summed E-state index contributed by atoms with van der Waals surface area (Å²) in [5.41, 5.74) is 9.96. The molecule has 3 heteroatoms. The normalized spacial score (nSPS) is 24.7. The summed E-state index contributed by atoms with van der Waals surface area (Å²) >= 11 is 0. The minimum Gasteiger partial charge on any atom is -0.341 e. The minimum atomic E-state index is 0.162. The zero-order chi connectivity index (χ0) is 13.4. The standard InChI is InChI=1S/C16H22N2O/c1-18(16(19)14-8-15(17)9-14)10-11-5-6-12-3-2-4-13(12)7-11/h5-7,14-15H,2-4,8-10,17H2,1H3. The maximum Gasteiger partial charge on any atom is 0.225 e. The first-order valence-corrected chi connectivity index (χ1v) is 7.24. The first kappa shape index (κ1) is 12.7. The van der Waals surface area contributed by atoms with Crippen molar-refractivity contribution in [3.8, 4) is 0 Å². The second-order valence-corrected chi connectivity index (χ2v) is 6.08. The number of hydrogen-bond acceptors (Lipinski definition) is 2. The third-order valence-electron chi connectivity index (χ3n) is 4.48. The van der Waals surface area contributed by atoms with Gasteiger partial charge in [-0.2, -0.15) is 0 Å². The highest BCUT2D eigenvalue weighted by Gasteiger charge is 2.33. The summed E-state index contributed by atoms with van der Waals surface area (Å²) < 4.78 is 0. The van der Waals surface area contributed by atoms with Crippen molar-refractivity contribution in [1.29, 1.82) is 0 Å². The highest BCUT2D eigenvalue weighted by Crippen LogP contribution is 2.28. The molecule has 0 saturated heterocycles. The first-order chi connectivity index (χ1) is 9.13. The van der Waals surface area contributed by atoms with Gasteiger partial charge in [0.2, 0.25) is 5.91 Å². The number of nitrogens with zero attached hydrogens (tertiary/aromatic N) is 1. The molecule has 0 spiro atoms. The molecule has 1 aromatic rings. The Morgan fingerprint density at radius 2 is 2.05 bits per heavy atom. The van der Waals surface area contributed by atoms with Crippen molar-refractivity contribution in [2.75, 3.05) is 7.05 Å². The Kier molecular flexibility index (Phi) is 3.31. The Labute approximate surface area is 114 Å². The summed E-state index contributed by atoms with van der Waals surface area (Å²) in [7, 11) is 1.90. The lowest BCUT2D eigenvalue weighted by Crippen LogP contribution is -2.45. The Hall–Kier alpha value is -1.35. The molecule has 2 aliphatic carbocycles. The van der Waals surface area contributed by atoms with Crippen LogP contribution in [0.5, 0.6) is 0 Å². The highest BCUT2D eigenvalue weighted by atomic mass is 16.2. The zero-order valence-corrected chi connectivity index (χ0v) is 11.6. The number of rotatable bonds is 3. The van der Waals surface area contributed by atoms with Crippen LogP contribution in [0.2, 0.25) is 0 Å². The van der Waals surface area contributed by atoms with Crippen LogP contribution in [0, 0.1) is 5.92 Å². The number of hydrogen-bond donors (Lipinski definition) is 1. The quantitative estimate of drug-likeness (QED) is 0.899. The molecule has 19 heavy (non-hydrogen) atoms. The van der Waals surface area contributed by atoms with Crippen molar-refractivity contribution in [2.24, 2.45) is 11.7 Å². The summed E-state index contributed by atoms with van der Waals surface area (Å²) in [5.74, 6) is 0.414. The third-order valence-corrected chi connectivity index (χ3v) is 4.48. The molecular weight excluding hydrogens is 236 g/mol. The van der Waals surface area contributed by atoms with E-state index in [0.29, 0.717) is 0 Å². The number of fused-ring (bicyclic) bond motifs is 1. The first-order valence-electron chi connectivity index (χ1n) is 7.24. The van der Waals surface area contributed by atoms with E-state index in [1.54, 1.807) is 0 Å². The van der Waals surface area contributed by atoms with Gasteiger partial charge in [0.15, 0.2) is 0 Å². The summed E-state index contributed by atoms with van der Waals surface area (Å²) in [6, 6.07) is 6.91. The van der Waals surface area contributed by atoms with Gasteiger partial charge in [-0.15, -0.1) is 0 Å². The number of carbonyl (C=O) groups excluding carboxylic acids is 1. The van der Waals surface area contributed by atoms with Gasteiger partial charge >= 0.3 is 0 Å². The minimum absolute atomic E-state index is 0.162. The van der Waals surface area contributed by atoms with Gasteiger partial charge in [-0.25, -0.2) is 0 Å². The van der Waals surface area contributed by atoms with E-state index < -0.39 is 0 Å². The smallest absolute Gasteiger partial charge is 0.225 e. The molecule has 0 aliphatic heterocycles. The van der Waals surface area contributed by atoms with E-state index in [0.717, 1.165) is 19.4 Å². The lowest BCUT2D eigenvalue weighted by molar-refractivity contribution is -0.137. The van der Waals surface area contributed by atoms with Crippen molar-refractivity contribution in [3.05, 3.63) is 34.9 Å². The van der Waals surface area contributed by atoms with Gasteiger partial charge in [0.1, 0.15) is 0 Å². The molecule has 0 atom stereocenters. The molecule has 1 fully saturated rings. The van der Waals surface area contributed by atoms with E-state index in [2.05, 4.69) is 18.2 Å². The van der Waals surface area contributed by atoms with Crippen LogP contribution in [0.4, 0.5) is 0 Å². The molecule has 0 heterocycles. The Bertz CT molecular complexity index is 492. The van der Waals surface area contributed by atoms with Crippen LogP contribution in [0.15, 0.2) is 18.2 Å². The molecule has 2 aliphatic rings. The van der Waals surface area contributed by atoms with Crippen molar-refractivity contribution in [2.45, 2.75) is 44.7 Å². The molecule has 1 saturated carbocycles. The molecule has 2 N–H and O–H groups in total. The number of amides is 1. The number of carbonyl (C=O) groups is 1. The molecule has 3 rings (SSSR count). The van der Waals surface area contributed by atoms with E-state index in [-0.39, 0.29) is 17.9 Å². The fraction of sp³-hybridized carbons (Fsp3) is 0.562. The van der Waals surface area contributed by atoms with Gasteiger partial charge in [-0.3, -0.25) is 4.79 Å². The van der Waals surface area contributed by atoms with E-state index in [4.69, 9.17) is 5.73 Å². The van der Waals surface area contributed by atoms with Gasteiger partial charge in [0.05, 0.1) is 0 Å². The summed E-state index contributed by atoms with van der Waals surface area (Å²) in [6.07, 6.45) is 5.39. The Morgan fingerprint density at radius 1 is 1.32 bits per heavy atom. The fourth-order valence-electron chi connectivity index (χ4n) is 3.25. The van der Waals surface area contributed by atoms with Crippen LogP contribution >= 0.6 is 0 Å². The third kappa shape index (κ3) is 2.52. The molecule has 102 valence electrons. The number of aryl methyl sites for hydroxylation is 2. The number of benzene rings is 1. The van der Waals surface area contributed by atoms with E-state index in [1.165, 1.54) is 36.0 Å². The maximum atomic E-state index is 12.2. The van der Waals surface area contributed by atoms with Crippen LogP contribution in [-0.2, 0) is 24.2 Å². The van der Waals surface area contributed by atoms with E-state index >= 15 is 0 Å². The van der Waals surface area contributed by atoms with Crippen molar-refractivity contribution >= 4 is 5.91 Å². The summed E-state index contributed by atoms with van der Waals surface area (Å²) in [6.45, 7) is 0.720. The second kappa shape index (κ2) is 4.97. The van der Waals surface area contributed by atoms with Gasteiger partial charge in [-0.1, -0.05) is 18.2 Å². The molecule has 1 aromatic carbocycles. The van der Waals surface area contributed by atoms with Crippen molar-refractivity contribution < 1.29 is 4.79 Å². The SMILES string of the molecule is CN(Cc1ccc2c(c1)CCC2)C(=O)C1CC(N)C1. The molecule has 1 amide bonds. The van der Waals surface area contributed by atoms with Gasteiger partial charge in [0, 0.05) is 25.6 Å². The molecule has 3 nitrogen and oxygen atoms in total. The van der Waals surface area contributed by atoms with Gasteiger partial charge in [0.25, 0.3) is 0 Å².